The van der Waals surface area contributed by atoms with E-state index in [1.54, 1.807) is 23.3 Å². The van der Waals surface area contributed by atoms with Crippen molar-refractivity contribution in [3.05, 3.63) is 34.3 Å². The second-order valence-corrected chi connectivity index (χ2v) is 11.0. The first-order chi connectivity index (χ1) is 19.0. The summed E-state index contributed by atoms with van der Waals surface area (Å²) >= 11 is 7.90. The van der Waals surface area contributed by atoms with E-state index in [9.17, 15) is 14.4 Å². The number of carbonyl (C=O) groups excluding carboxylic acids is 3. The molecule has 222 valence electrons. The Morgan fingerprint density at radius 3 is 2.45 bits per heavy atom. The van der Waals surface area contributed by atoms with E-state index in [1.165, 1.54) is 11.3 Å². The lowest BCUT2D eigenvalue weighted by Gasteiger charge is -2.35. The number of ether oxygens (including phenoxy) is 3. The number of nitrogens with zero attached hydrogens (tertiary/aromatic N) is 3. The number of esters is 1. The number of hydrogen-bond donors (Lipinski definition) is 1. The van der Waals surface area contributed by atoms with Gasteiger partial charge < -0.3 is 24.4 Å². The van der Waals surface area contributed by atoms with Crippen molar-refractivity contribution in [3.63, 3.8) is 0 Å². The van der Waals surface area contributed by atoms with Crippen LogP contribution in [0.1, 0.15) is 47.2 Å². The van der Waals surface area contributed by atoms with E-state index in [0.717, 1.165) is 25.2 Å². The van der Waals surface area contributed by atoms with Gasteiger partial charge in [-0.15, -0.1) is 11.3 Å². The molecule has 2 amide bonds. The van der Waals surface area contributed by atoms with Gasteiger partial charge in [-0.05, 0) is 45.9 Å². The van der Waals surface area contributed by atoms with Crippen molar-refractivity contribution in [2.45, 2.75) is 53.6 Å². The Kier molecular flexibility index (Phi) is 13.7. The van der Waals surface area contributed by atoms with Crippen LogP contribution < -0.4 is 10.1 Å². The fourth-order valence-corrected chi connectivity index (χ4v) is 4.83. The number of piperazine rings is 1. The van der Waals surface area contributed by atoms with Gasteiger partial charge >= 0.3 is 12.1 Å². The summed E-state index contributed by atoms with van der Waals surface area (Å²) in [5, 5.41) is 5.51. The molecule has 1 aliphatic rings. The van der Waals surface area contributed by atoms with Crippen molar-refractivity contribution in [2.75, 3.05) is 52.5 Å². The molecule has 1 aromatic heterocycles. The van der Waals surface area contributed by atoms with Gasteiger partial charge in [-0.2, -0.15) is 0 Å². The Hall–Kier alpha value is -2.89. The first kappa shape index (κ1) is 33.3. The van der Waals surface area contributed by atoms with Crippen molar-refractivity contribution < 1.29 is 28.6 Å². The summed E-state index contributed by atoms with van der Waals surface area (Å²) in [5.74, 6) is -0.132. The SMILES string of the molecule is CC.CCOC(=O)CNC(=O)Cc1csc(-c2ccc(OCCN3CCN(C(=O)OC(C)(C)C)CC3)cc2Cl)n1. The lowest BCUT2D eigenvalue weighted by molar-refractivity contribution is -0.143. The molecule has 1 fully saturated rings. The highest BCUT2D eigenvalue weighted by Gasteiger charge is 2.25. The summed E-state index contributed by atoms with van der Waals surface area (Å²) in [7, 11) is 0. The van der Waals surface area contributed by atoms with Crippen LogP contribution in [0.3, 0.4) is 0 Å². The third kappa shape index (κ3) is 11.3. The molecule has 0 aliphatic carbocycles. The predicted octanol–water partition coefficient (Wildman–Crippen LogP) is 4.64. The molecule has 40 heavy (non-hydrogen) atoms. The van der Waals surface area contributed by atoms with Crippen LogP contribution in [0, 0.1) is 0 Å². The molecule has 2 aromatic rings. The zero-order valence-corrected chi connectivity index (χ0v) is 25.8. The summed E-state index contributed by atoms with van der Waals surface area (Å²) in [6.45, 7) is 15.4. The minimum Gasteiger partial charge on any atom is -0.492 e. The number of thiazole rings is 1. The number of carbonyl (C=O) groups is 3. The minimum atomic E-state index is -0.496. The van der Waals surface area contributed by atoms with E-state index >= 15 is 0 Å². The maximum atomic E-state index is 12.2. The summed E-state index contributed by atoms with van der Waals surface area (Å²) in [4.78, 5) is 44.1. The molecule has 0 radical (unpaired) electrons. The minimum absolute atomic E-state index is 0.0563. The van der Waals surface area contributed by atoms with Gasteiger partial charge in [0.05, 0.1) is 23.7 Å². The van der Waals surface area contributed by atoms with Crippen LogP contribution in [-0.4, -0.2) is 90.8 Å². The molecular formula is C28H41ClN4O6S. The molecular weight excluding hydrogens is 556 g/mol. The van der Waals surface area contributed by atoms with E-state index < -0.39 is 11.6 Å². The third-order valence-electron chi connectivity index (χ3n) is 5.50. The molecule has 3 rings (SSSR count). The van der Waals surface area contributed by atoms with E-state index in [0.29, 0.717) is 41.2 Å². The van der Waals surface area contributed by atoms with E-state index in [1.807, 2.05) is 46.8 Å². The first-order valence-corrected chi connectivity index (χ1v) is 14.8. The van der Waals surface area contributed by atoms with Crippen molar-refractivity contribution >= 4 is 40.9 Å². The zero-order valence-electron chi connectivity index (χ0n) is 24.3. The van der Waals surface area contributed by atoms with Crippen LogP contribution in [0.15, 0.2) is 23.6 Å². The van der Waals surface area contributed by atoms with Gasteiger partial charge in [0.2, 0.25) is 5.91 Å². The second kappa shape index (κ2) is 16.4. The molecule has 1 aromatic carbocycles. The topological polar surface area (TPSA) is 110 Å². The summed E-state index contributed by atoms with van der Waals surface area (Å²) in [6, 6.07) is 5.44. The molecule has 1 aliphatic heterocycles. The average molecular weight is 597 g/mol. The van der Waals surface area contributed by atoms with E-state index in [-0.39, 0.29) is 31.6 Å². The molecule has 0 bridgehead atoms. The molecule has 1 N–H and O–H groups in total. The fourth-order valence-electron chi connectivity index (χ4n) is 3.65. The quantitative estimate of drug-likeness (QED) is 0.395. The fraction of sp³-hybridized carbons (Fsp3) is 0.571. The molecule has 0 spiro atoms. The Morgan fingerprint density at radius 2 is 1.82 bits per heavy atom. The van der Waals surface area contributed by atoms with Crippen LogP contribution in [-0.2, 0) is 25.5 Å². The highest BCUT2D eigenvalue weighted by Crippen LogP contribution is 2.33. The standard InChI is InChI=1S/C26H35ClN4O6S.C2H6/c1-5-35-23(33)16-28-22(32)14-18-17-38-24(29-18)20-7-6-19(15-21(20)27)36-13-12-30-8-10-31(11-9-30)25(34)37-26(2,3)4;1-2/h6-7,15,17H,5,8-14,16H2,1-4H3,(H,28,32);1-2H3. The number of halogens is 1. The number of nitrogens with one attached hydrogen (secondary N) is 1. The maximum absolute atomic E-state index is 12.2. The normalized spacial score (nSPS) is 13.6. The smallest absolute Gasteiger partial charge is 0.410 e. The van der Waals surface area contributed by atoms with Crippen molar-refractivity contribution in [1.29, 1.82) is 0 Å². The van der Waals surface area contributed by atoms with Crippen LogP contribution in [0.25, 0.3) is 10.6 Å². The zero-order chi connectivity index (χ0) is 29.7. The highest BCUT2D eigenvalue weighted by atomic mass is 35.5. The van der Waals surface area contributed by atoms with Crippen LogP contribution >= 0.6 is 22.9 Å². The van der Waals surface area contributed by atoms with Crippen LogP contribution in [0.4, 0.5) is 4.79 Å². The average Bonchev–Trinajstić information content (AvgIpc) is 3.36. The lowest BCUT2D eigenvalue weighted by atomic mass is 10.2. The highest BCUT2D eigenvalue weighted by molar-refractivity contribution is 7.13. The van der Waals surface area contributed by atoms with Crippen molar-refractivity contribution in [1.82, 2.24) is 20.1 Å². The number of hydrogen-bond acceptors (Lipinski definition) is 9. The van der Waals surface area contributed by atoms with Crippen LogP contribution in [0.2, 0.25) is 5.02 Å². The van der Waals surface area contributed by atoms with Gasteiger partial charge in [-0.25, -0.2) is 9.78 Å². The first-order valence-electron chi connectivity index (χ1n) is 13.5. The van der Waals surface area contributed by atoms with Crippen molar-refractivity contribution in [2.24, 2.45) is 0 Å². The maximum Gasteiger partial charge on any atom is 0.410 e. The van der Waals surface area contributed by atoms with Crippen molar-refractivity contribution in [3.8, 4) is 16.3 Å². The summed E-state index contributed by atoms with van der Waals surface area (Å²) < 4.78 is 16.1. The largest absolute Gasteiger partial charge is 0.492 e. The molecule has 10 nitrogen and oxygen atoms in total. The van der Waals surface area contributed by atoms with Gasteiger partial charge in [0.25, 0.3) is 0 Å². The van der Waals surface area contributed by atoms with Gasteiger partial charge in [0.1, 0.15) is 29.5 Å². The van der Waals surface area contributed by atoms with E-state index in [2.05, 4.69) is 15.2 Å². The number of benzene rings is 1. The van der Waals surface area contributed by atoms with Gasteiger partial charge in [-0.1, -0.05) is 25.4 Å². The third-order valence-corrected chi connectivity index (χ3v) is 6.74. The molecule has 1 saturated heterocycles. The molecule has 2 heterocycles. The Balaban J connectivity index is 0.00000274. The monoisotopic (exact) mass is 596 g/mol. The van der Waals surface area contributed by atoms with Gasteiger partial charge in [-0.3, -0.25) is 14.5 Å². The second-order valence-electron chi connectivity index (χ2n) is 9.70. The van der Waals surface area contributed by atoms with Gasteiger partial charge in [0, 0.05) is 43.7 Å². The predicted molar refractivity (Wildman–Crippen MR) is 157 cm³/mol. The lowest BCUT2D eigenvalue weighted by Crippen LogP contribution is -2.50. The summed E-state index contributed by atoms with van der Waals surface area (Å²) in [6.07, 6.45) is -0.214. The molecule has 0 saturated carbocycles. The van der Waals surface area contributed by atoms with Crippen LogP contribution in [0.5, 0.6) is 5.75 Å². The Bertz CT molecular complexity index is 1110. The number of rotatable bonds is 10. The molecule has 12 heteroatoms. The summed E-state index contributed by atoms with van der Waals surface area (Å²) in [5.41, 5.74) is 0.846. The molecule has 0 atom stereocenters. The van der Waals surface area contributed by atoms with Gasteiger partial charge in [0.15, 0.2) is 0 Å². The number of amides is 2. The van der Waals surface area contributed by atoms with E-state index in [4.69, 9.17) is 25.8 Å². The Labute approximate surface area is 245 Å². The molecule has 0 unspecified atom stereocenters. The Morgan fingerprint density at radius 1 is 1.12 bits per heavy atom. The number of aromatic nitrogens is 1.